The first kappa shape index (κ1) is 12.5. The molecule has 1 radical (unpaired) electrons. The van der Waals surface area contributed by atoms with E-state index in [2.05, 4.69) is 11.4 Å². The Morgan fingerprint density at radius 1 is 1.28 bits per heavy atom. The number of nitrogen functional groups attached to an aromatic ring is 1. The predicted octanol–water partition coefficient (Wildman–Crippen LogP) is 2.74. The maximum atomic E-state index is 9.31. The maximum absolute atomic E-state index is 9.31. The van der Waals surface area contributed by atoms with Gasteiger partial charge in [-0.3, -0.25) is 0 Å². The van der Waals surface area contributed by atoms with Gasteiger partial charge in [0.15, 0.2) is 0 Å². The van der Waals surface area contributed by atoms with Crippen LogP contribution in [-0.2, 0) is 6.42 Å². The Bertz CT molecular complexity index is 506. The summed E-state index contributed by atoms with van der Waals surface area (Å²) in [4.78, 5) is 0. The molecule has 0 bridgehead atoms. The molecular weight excluding hydrogens is 224 g/mol. The second-order valence-electron chi connectivity index (χ2n) is 4.39. The topological polar surface area (TPSA) is 58.3 Å². The van der Waals surface area contributed by atoms with Crippen molar-refractivity contribution in [2.24, 2.45) is 0 Å². The van der Waals surface area contributed by atoms with Crippen molar-refractivity contribution in [2.45, 2.75) is 19.4 Å². The Balaban J connectivity index is 2.09. The molecule has 0 heterocycles. The summed E-state index contributed by atoms with van der Waals surface area (Å²) in [5.74, 6) is 0. The van der Waals surface area contributed by atoms with Crippen LogP contribution in [-0.4, -0.2) is 11.2 Å². The molecule has 0 aromatic heterocycles. The second kappa shape index (κ2) is 5.56. The molecule has 3 heteroatoms. The van der Waals surface area contributed by atoms with Crippen molar-refractivity contribution in [3.8, 4) is 0 Å². The summed E-state index contributed by atoms with van der Waals surface area (Å²) in [5, 5.41) is 12.6. The van der Waals surface area contributed by atoms with E-state index in [1.54, 1.807) is 13.0 Å². The number of benzene rings is 2. The first-order chi connectivity index (χ1) is 8.65. The highest BCUT2D eigenvalue weighted by molar-refractivity contribution is 5.72. The molecule has 2 aromatic rings. The van der Waals surface area contributed by atoms with Crippen molar-refractivity contribution in [2.75, 3.05) is 11.1 Å². The smallest absolute Gasteiger partial charge is 0.0618 e. The average molecular weight is 241 g/mol. The van der Waals surface area contributed by atoms with Gasteiger partial charge in [-0.15, -0.1) is 0 Å². The molecule has 0 aliphatic carbocycles. The number of nitrogens with one attached hydrogen (secondary N) is 1. The molecule has 2 rings (SSSR count). The number of aliphatic hydroxyl groups is 1. The second-order valence-corrected chi connectivity index (χ2v) is 4.39. The molecule has 0 amide bonds. The van der Waals surface area contributed by atoms with Crippen LogP contribution in [0.5, 0.6) is 0 Å². The van der Waals surface area contributed by atoms with Crippen LogP contribution in [0.15, 0.2) is 42.5 Å². The van der Waals surface area contributed by atoms with Crippen molar-refractivity contribution in [3.63, 3.8) is 0 Å². The third kappa shape index (κ3) is 3.25. The number of nitrogens with two attached hydrogens (primary N) is 1. The lowest BCUT2D eigenvalue weighted by molar-refractivity contribution is 0.195. The summed E-state index contributed by atoms with van der Waals surface area (Å²) in [6, 6.07) is 16.3. The predicted molar refractivity (Wildman–Crippen MR) is 74.8 cm³/mol. The summed E-state index contributed by atoms with van der Waals surface area (Å²) >= 11 is 0. The molecule has 0 fully saturated rings. The Morgan fingerprint density at radius 2 is 2.00 bits per heavy atom. The van der Waals surface area contributed by atoms with E-state index in [-0.39, 0.29) is 6.10 Å². The zero-order valence-electron chi connectivity index (χ0n) is 10.4. The van der Waals surface area contributed by atoms with E-state index in [9.17, 15) is 5.11 Å². The Kier molecular flexibility index (Phi) is 3.85. The van der Waals surface area contributed by atoms with Crippen LogP contribution in [0.1, 0.15) is 12.5 Å². The van der Waals surface area contributed by atoms with Crippen molar-refractivity contribution >= 4 is 17.1 Å². The Hall–Kier alpha value is -2.00. The van der Waals surface area contributed by atoms with Gasteiger partial charge in [-0.25, -0.2) is 0 Å². The van der Waals surface area contributed by atoms with Crippen LogP contribution < -0.4 is 11.1 Å². The van der Waals surface area contributed by atoms with Gasteiger partial charge in [-0.05, 0) is 49.2 Å². The number of hydrogen-bond donors (Lipinski definition) is 3. The molecule has 1 atom stereocenters. The Morgan fingerprint density at radius 3 is 2.61 bits per heavy atom. The molecular formula is C15H17N2O. The van der Waals surface area contributed by atoms with Gasteiger partial charge in [0.1, 0.15) is 0 Å². The molecule has 0 aliphatic rings. The molecule has 18 heavy (non-hydrogen) atoms. The van der Waals surface area contributed by atoms with Crippen LogP contribution >= 0.6 is 0 Å². The molecule has 93 valence electrons. The minimum atomic E-state index is -0.316. The lowest BCUT2D eigenvalue weighted by atomic mass is 10.1. The van der Waals surface area contributed by atoms with Crippen molar-refractivity contribution < 1.29 is 5.11 Å². The van der Waals surface area contributed by atoms with E-state index in [4.69, 9.17) is 5.73 Å². The first-order valence-electron chi connectivity index (χ1n) is 5.95. The molecule has 0 aliphatic heterocycles. The van der Waals surface area contributed by atoms with Crippen molar-refractivity contribution in [1.82, 2.24) is 0 Å². The van der Waals surface area contributed by atoms with Crippen LogP contribution in [0, 0.1) is 6.07 Å². The van der Waals surface area contributed by atoms with E-state index in [0.29, 0.717) is 12.1 Å². The highest BCUT2D eigenvalue weighted by Gasteiger charge is 2.01. The summed E-state index contributed by atoms with van der Waals surface area (Å²) in [6.45, 7) is 1.79. The third-order valence-corrected chi connectivity index (χ3v) is 2.66. The van der Waals surface area contributed by atoms with Crippen LogP contribution in [0.2, 0.25) is 0 Å². The number of anilines is 3. The molecule has 0 unspecified atom stereocenters. The SMILES string of the molecule is C[C@@H](O)Cc1ccc(Nc2cc[c]cc2N)cc1. The van der Waals surface area contributed by atoms with Crippen LogP contribution in [0.25, 0.3) is 0 Å². The first-order valence-corrected chi connectivity index (χ1v) is 5.95. The minimum absolute atomic E-state index is 0.316. The van der Waals surface area contributed by atoms with Gasteiger partial charge in [-0.2, -0.15) is 0 Å². The van der Waals surface area contributed by atoms with Gasteiger partial charge in [0.25, 0.3) is 0 Å². The lowest BCUT2D eigenvalue weighted by Gasteiger charge is -2.10. The number of hydrogen-bond acceptors (Lipinski definition) is 3. The van der Waals surface area contributed by atoms with Gasteiger partial charge in [0.05, 0.1) is 17.5 Å². The van der Waals surface area contributed by atoms with E-state index in [0.717, 1.165) is 16.9 Å². The summed E-state index contributed by atoms with van der Waals surface area (Å²) < 4.78 is 0. The van der Waals surface area contributed by atoms with Crippen molar-refractivity contribution in [1.29, 1.82) is 0 Å². The highest BCUT2D eigenvalue weighted by Crippen LogP contribution is 2.22. The fourth-order valence-corrected chi connectivity index (χ4v) is 1.78. The van der Waals surface area contributed by atoms with E-state index < -0.39 is 0 Å². The summed E-state index contributed by atoms with van der Waals surface area (Å²) in [5.41, 5.74) is 9.47. The standard InChI is InChI=1S/C15H17N2O/c1-11(18)10-12-6-8-13(9-7-12)17-15-5-3-2-4-14(15)16/h3-9,11,17-18H,10,16H2,1H3/t11-/m1/s1. The van der Waals surface area contributed by atoms with Crippen LogP contribution in [0.4, 0.5) is 17.1 Å². The lowest BCUT2D eigenvalue weighted by Crippen LogP contribution is -2.04. The fraction of sp³-hybridized carbons (Fsp3) is 0.200. The Labute approximate surface area is 107 Å². The van der Waals surface area contributed by atoms with E-state index >= 15 is 0 Å². The van der Waals surface area contributed by atoms with Gasteiger partial charge in [0, 0.05) is 5.69 Å². The van der Waals surface area contributed by atoms with E-state index in [1.165, 1.54) is 0 Å². The summed E-state index contributed by atoms with van der Waals surface area (Å²) in [7, 11) is 0. The summed E-state index contributed by atoms with van der Waals surface area (Å²) in [6.07, 6.45) is 0.354. The molecule has 0 saturated carbocycles. The van der Waals surface area contributed by atoms with Crippen LogP contribution in [0.3, 0.4) is 0 Å². The normalized spacial score (nSPS) is 12.1. The number of rotatable bonds is 4. The van der Waals surface area contributed by atoms with Gasteiger partial charge < -0.3 is 16.2 Å². The monoisotopic (exact) mass is 241 g/mol. The molecule has 0 spiro atoms. The minimum Gasteiger partial charge on any atom is -0.397 e. The quantitative estimate of drug-likeness (QED) is 0.721. The molecule has 4 N–H and O–H groups in total. The fourth-order valence-electron chi connectivity index (χ4n) is 1.78. The molecule has 2 aromatic carbocycles. The molecule has 0 saturated heterocycles. The van der Waals surface area contributed by atoms with Gasteiger partial charge in [-0.1, -0.05) is 18.2 Å². The van der Waals surface area contributed by atoms with Gasteiger partial charge in [0.2, 0.25) is 0 Å². The maximum Gasteiger partial charge on any atom is 0.0618 e. The van der Waals surface area contributed by atoms with Gasteiger partial charge >= 0.3 is 0 Å². The third-order valence-electron chi connectivity index (χ3n) is 2.66. The van der Waals surface area contributed by atoms with E-state index in [1.807, 2.05) is 36.4 Å². The highest BCUT2D eigenvalue weighted by atomic mass is 16.3. The zero-order chi connectivity index (χ0) is 13.0. The molecule has 3 nitrogen and oxygen atoms in total. The zero-order valence-corrected chi connectivity index (χ0v) is 10.4. The van der Waals surface area contributed by atoms with Crippen molar-refractivity contribution in [3.05, 3.63) is 54.1 Å². The average Bonchev–Trinajstić information content (AvgIpc) is 2.34. The largest absolute Gasteiger partial charge is 0.397 e. The number of aliphatic hydroxyl groups excluding tert-OH is 1.